The number of nitro benzene ring substituents is 1. The Morgan fingerprint density at radius 3 is 2.42 bits per heavy atom. The first-order valence-corrected chi connectivity index (χ1v) is 9.85. The first-order chi connectivity index (χ1) is 14.5. The average molecular weight is 446 g/mol. The Labute approximate surface area is 174 Å². The zero-order valence-electron chi connectivity index (χ0n) is 15.7. The van der Waals surface area contributed by atoms with Crippen LogP contribution in [0.2, 0.25) is 0 Å². The Kier molecular flexibility index (Phi) is 5.55. The van der Waals surface area contributed by atoms with Crippen molar-refractivity contribution in [2.24, 2.45) is 10.2 Å². The van der Waals surface area contributed by atoms with Crippen molar-refractivity contribution in [1.29, 1.82) is 0 Å². The van der Waals surface area contributed by atoms with Gasteiger partial charge < -0.3 is 15.5 Å². The smallest absolute Gasteiger partial charge is 0.296 e. The van der Waals surface area contributed by atoms with Crippen LogP contribution in [0.5, 0.6) is 11.5 Å². The number of fused-ring (bicyclic) bond motifs is 1. The van der Waals surface area contributed by atoms with Gasteiger partial charge in [0.15, 0.2) is 5.75 Å². The number of nitrogens with one attached hydrogen (secondary N) is 1. The van der Waals surface area contributed by atoms with Crippen LogP contribution >= 0.6 is 0 Å². The molecule has 0 aliphatic carbocycles. The fraction of sp³-hybridized carbons (Fsp3) is 0.0556. The molecule has 0 aliphatic rings. The fourth-order valence-corrected chi connectivity index (χ4v) is 3.38. The number of aromatic hydroxyl groups is 2. The lowest BCUT2D eigenvalue weighted by molar-refractivity contribution is -0.384. The van der Waals surface area contributed by atoms with Crippen LogP contribution in [0.1, 0.15) is 6.92 Å². The molecule has 4 N–H and O–H groups in total. The SMILES string of the molecule is CC(=O)Nc1ccc2cc(S(=O)(=O)O)c(N=Nc3cc([N+](=O)[O-])ccc3O)c(O)c2c1. The van der Waals surface area contributed by atoms with Crippen LogP contribution < -0.4 is 5.32 Å². The number of hydrogen-bond donors (Lipinski definition) is 4. The molecule has 0 bridgehead atoms. The summed E-state index contributed by atoms with van der Waals surface area (Å²) in [4.78, 5) is 20.6. The van der Waals surface area contributed by atoms with Crippen LogP contribution in [0.4, 0.5) is 22.7 Å². The summed E-state index contributed by atoms with van der Waals surface area (Å²) in [6.45, 7) is 1.27. The average Bonchev–Trinajstić information content (AvgIpc) is 2.67. The molecule has 31 heavy (non-hydrogen) atoms. The number of carbonyl (C=O) groups excluding carboxylic acids is 1. The number of carbonyl (C=O) groups is 1. The van der Waals surface area contributed by atoms with Crippen LogP contribution in [0.15, 0.2) is 57.6 Å². The maximum atomic E-state index is 11.8. The lowest BCUT2D eigenvalue weighted by Gasteiger charge is -2.10. The first-order valence-electron chi connectivity index (χ1n) is 8.41. The largest absolute Gasteiger partial charge is 0.506 e. The molecule has 0 saturated carbocycles. The fourth-order valence-electron chi connectivity index (χ4n) is 2.72. The lowest BCUT2D eigenvalue weighted by Crippen LogP contribution is -2.05. The number of phenols is 2. The summed E-state index contributed by atoms with van der Waals surface area (Å²) >= 11 is 0. The zero-order chi connectivity index (χ0) is 22.9. The van der Waals surface area contributed by atoms with E-state index in [-0.39, 0.29) is 22.4 Å². The highest BCUT2D eigenvalue weighted by molar-refractivity contribution is 7.86. The van der Waals surface area contributed by atoms with Gasteiger partial charge in [-0.1, -0.05) is 6.07 Å². The highest BCUT2D eigenvalue weighted by Crippen LogP contribution is 2.43. The highest BCUT2D eigenvalue weighted by Gasteiger charge is 2.22. The summed E-state index contributed by atoms with van der Waals surface area (Å²) in [5, 5.41) is 41.4. The van der Waals surface area contributed by atoms with E-state index in [0.29, 0.717) is 5.69 Å². The topological polar surface area (TPSA) is 192 Å². The van der Waals surface area contributed by atoms with Gasteiger partial charge in [-0.15, -0.1) is 10.2 Å². The summed E-state index contributed by atoms with van der Waals surface area (Å²) in [5.41, 5.74) is -1.15. The van der Waals surface area contributed by atoms with Gasteiger partial charge in [0.05, 0.1) is 4.92 Å². The first kappa shape index (κ1) is 21.6. The van der Waals surface area contributed by atoms with Gasteiger partial charge in [-0.25, -0.2) is 0 Å². The van der Waals surface area contributed by atoms with Crippen molar-refractivity contribution in [2.45, 2.75) is 11.8 Å². The van der Waals surface area contributed by atoms with Crippen molar-refractivity contribution in [2.75, 3.05) is 5.32 Å². The Hall–Kier alpha value is -4.10. The molecule has 3 rings (SSSR count). The van der Waals surface area contributed by atoms with E-state index in [1.54, 1.807) is 0 Å². The Bertz CT molecular complexity index is 1370. The molecule has 3 aromatic rings. The molecule has 0 spiro atoms. The normalized spacial score (nSPS) is 11.7. The number of benzene rings is 3. The molecule has 0 fully saturated rings. The molecule has 0 heterocycles. The molecule has 0 atom stereocenters. The van der Waals surface area contributed by atoms with Crippen molar-refractivity contribution >= 4 is 49.5 Å². The number of amides is 1. The third kappa shape index (κ3) is 4.57. The molecule has 0 saturated heterocycles. The summed E-state index contributed by atoms with van der Waals surface area (Å²) < 4.78 is 33.2. The van der Waals surface area contributed by atoms with E-state index < -0.39 is 42.8 Å². The monoisotopic (exact) mass is 446 g/mol. The van der Waals surface area contributed by atoms with Crippen LogP contribution in [-0.2, 0) is 14.9 Å². The molecule has 0 unspecified atom stereocenters. The number of non-ortho nitro benzene ring substituents is 1. The minimum absolute atomic E-state index is 0.0795. The van der Waals surface area contributed by atoms with Gasteiger partial charge in [-0.2, -0.15) is 8.42 Å². The molecule has 13 heteroatoms. The van der Waals surface area contributed by atoms with Crippen molar-refractivity contribution in [3.05, 3.63) is 52.6 Å². The van der Waals surface area contributed by atoms with Crippen LogP contribution in [0.25, 0.3) is 10.8 Å². The number of anilines is 1. The second-order valence-electron chi connectivity index (χ2n) is 6.29. The number of azo groups is 1. The molecule has 12 nitrogen and oxygen atoms in total. The molecular weight excluding hydrogens is 432 g/mol. The highest BCUT2D eigenvalue weighted by atomic mass is 32.2. The minimum Gasteiger partial charge on any atom is -0.506 e. The zero-order valence-corrected chi connectivity index (χ0v) is 16.5. The van der Waals surface area contributed by atoms with Crippen molar-refractivity contribution in [3.63, 3.8) is 0 Å². The number of hydrogen-bond acceptors (Lipinski definition) is 9. The molecule has 0 radical (unpaired) electrons. The van der Waals surface area contributed by atoms with Gasteiger partial charge in [-0.05, 0) is 29.7 Å². The van der Waals surface area contributed by atoms with Gasteiger partial charge in [-0.3, -0.25) is 19.5 Å². The number of rotatable bonds is 5. The maximum Gasteiger partial charge on any atom is 0.296 e. The Morgan fingerprint density at radius 1 is 1.10 bits per heavy atom. The van der Waals surface area contributed by atoms with E-state index in [2.05, 4.69) is 15.5 Å². The molecular formula is C18H14N4O8S. The van der Waals surface area contributed by atoms with Crippen LogP contribution in [-0.4, -0.2) is 34.0 Å². The van der Waals surface area contributed by atoms with Crippen molar-refractivity contribution in [3.8, 4) is 11.5 Å². The van der Waals surface area contributed by atoms with Crippen LogP contribution in [0, 0.1) is 10.1 Å². The molecule has 0 aromatic heterocycles. The van der Waals surface area contributed by atoms with Crippen LogP contribution in [0.3, 0.4) is 0 Å². The van der Waals surface area contributed by atoms with E-state index in [1.807, 2.05) is 0 Å². The molecule has 1 amide bonds. The van der Waals surface area contributed by atoms with Crippen molar-refractivity contribution < 1.29 is 32.9 Å². The number of phenolic OH excluding ortho intramolecular Hbond substituents is 2. The van der Waals surface area contributed by atoms with Gasteiger partial charge in [0, 0.05) is 30.1 Å². The standard InChI is InChI=1S/C18H14N4O8S/c1-9(23)19-11-3-2-10-6-16(31(28,29)30)17(18(25)13(10)7-11)21-20-14-8-12(22(26)27)4-5-15(14)24/h2-8,24-25H,1H3,(H,19,23)(H,28,29,30). The third-order valence-corrected chi connectivity index (χ3v) is 4.95. The number of nitro groups is 1. The number of nitrogens with zero attached hydrogens (tertiary/aromatic N) is 3. The van der Waals surface area contributed by atoms with Gasteiger partial charge in [0.25, 0.3) is 15.8 Å². The summed E-state index contributed by atoms with van der Waals surface area (Å²) in [7, 11) is -4.87. The quantitative estimate of drug-likeness (QED) is 0.197. The summed E-state index contributed by atoms with van der Waals surface area (Å²) in [6, 6.07) is 8.15. The molecule has 3 aromatic carbocycles. The predicted molar refractivity (Wildman–Crippen MR) is 109 cm³/mol. The van der Waals surface area contributed by atoms with E-state index >= 15 is 0 Å². The van der Waals surface area contributed by atoms with E-state index in [9.17, 15) is 38.1 Å². The van der Waals surface area contributed by atoms with Crippen molar-refractivity contribution in [1.82, 2.24) is 0 Å². The summed E-state index contributed by atoms with van der Waals surface area (Å²) in [5.74, 6) is -1.56. The second-order valence-corrected chi connectivity index (χ2v) is 7.68. The van der Waals surface area contributed by atoms with E-state index in [0.717, 1.165) is 24.3 Å². The Morgan fingerprint density at radius 2 is 1.81 bits per heavy atom. The molecule has 160 valence electrons. The van der Waals surface area contributed by atoms with Gasteiger partial charge in [0.2, 0.25) is 5.91 Å². The molecule has 0 aliphatic heterocycles. The predicted octanol–water partition coefficient (Wildman–Crippen LogP) is 3.78. The Balaban J connectivity index is 2.23. The summed E-state index contributed by atoms with van der Waals surface area (Å²) in [6.07, 6.45) is 0. The lowest BCUT2D eigenvalue weighted by atomic mass is 10.1. The van der Waals surface area contributed by atoms with Gasteiger partial charge in [0.1, 0.15) is 22.0 Å². The minimum atomic E-state index is -4.87. The van der Waals surface area contributed by atoms with E-state index in [1.165, 1.54) is 25.1 Å². The third-order valence-electron chi connectivity index (χ3n) is 4.08. The van der Waals surface area contributed by atoms with Gasteiger partial charge >= 0.3 is 0 Å². The van der Waals surface area contributed by atoms with E-state index in [4.69, 9.17) is 0 Å². The second kappa shape index (κ2) is 7.97. The maximum absolute atomic E-state index is 11.8.